The van der Waals surface area contributed by atoms with Crippen LogP contribution in [0.4, 0.5) is 0 Å². The average molecular weight is 376 g/mol. The Bertz CT molecular complexity index is 685. The van der Waals surface area contributed by atoms with Crippen LogP contribution in [0.2, 0.25) is 0 Å². The van der Waals surface area contributed by atoms with Gasteiger partial charge in [-0.05, 0) is 38.8 Å². The standard InChI is InChI=1S/C21H28O6/c1-13-6-5-7-14(2)11-18(19-15(3)20(23)26-17(19)10-13)27-21(24)16(8-9-22)12-25-4/h7-8,10,17-19,22H,3,5-6,9,11-12H2,1-2,4H3/b13-10+,14-7+,16-8+/t17-,18-,19+/m1/s1. The Hall–Kier alpha value is -2.18. The Labute approximate surface area is 160 Å². The molecule has 0 saturated carbocycles. The summed E-state index contributed by atoms with van der Waals surface area (Å²) < 4.78 is 16.3. The normalized spacial score (nSPS) is 30.5. The molecule has 1 heterocycles. The molecule has 0 unspecified atom stereocenters. The van der Waals surface area contributed by atoms with E-state index in [1.807, 2.05) is 19.9 Å². The number of aliphatic hydroxyl groups excluding tert-OH is 1. The molecular formula is C21H28O6. The molecule has 0 bridgehead atoms. The third kappa shape index (κ3) is 5.40. The quantitative estimate of drug-likeness (QED) is 0.451. The number of carbonyl (C=O) groups is 2. The van der Waals surface area contributed by atoms with Crippen molar-refractivity contribution in [2.24, 2.45) is 5.92 Å². The Balaban J connectivity index is 2.35. The van der Waals surface area contributed by atoms with E-state index in [9.17, 15) is 9.59 Å². The van der Waals surface area contributed by atoms with Gasteiger partial charge in [-0.15, -0.1) is 0 Å². The monoisotopic (exact) mass is 376 g/mol. The van der Waals surface area contributed by atoms with Gasteiger partial charge in [0.1, 0.15) is 12.2 Å². The summed E-state index contributed by atoms with van der Waals surface area (Å²) in [5, 5.41) is 9.13. The maximum Gasteiger partial charge on any atom is 0.336 e. The zero-order valence-electron chi connectivity index (χ0n) is 16.2. The molecule has 6 heteroatoms. The van der Waals surface area contributed by atoms with Crippen LogP contribution in [0, 0.1) is 5.92 Å². The number of ether oxygens (including phenoxy) is 3. The first-order chi connectivity index (χ1) is 12.9. The van der Waals surface area contributed by atoms with E-state index >= 15 is 0 Å². The smallest absolute Gasteiger partial charge is 0.336 e. The number of allylic oxidation sites excluding steroid dienone is 2. The maximum absolute atomic E-state index is 12.6. The molecule has 1 aliphatic heterocycles. The van der Waals surface area contributed by atoms with Crippen LogP contribution in [-0.2, 0) is 23.8 Å². The van der Waals surface area contributed by atoms with Gasteiger partial charge in [0.25, 0.3) is 0 Å². The van der Waals surface area contributed by atoms with Gasteiger partial charge in [0.15, 0.2) is 0 Å². The second-order valence-electron chi connectivity index (χ2n) is 7.02. The average Bonchev–Trinajstić information content (AvgIpc) is 2.87. The lowest BCUT2D eigenvalue weighted by molar-refractivity contribution is -0.147. The number of carbonyl (C=O) groups excluding carboxylic acids is 2. The minimum absolute atomic E-state index is 0.0322. The van der Waals surface area contributed by atoms with Crippen LogP contribution in [0.15, 0.2) is 47.1 Å². The molecule has 0 aromatic heterocycles. The Kier molecular flexibility index (Phi) is 7.56. The van der Waals surface area contributed by atoms with Crippen molar-refractivity contribution in [2.45, 2.75) is 45.3 Å². The third-order valence-corrected chi connectivity index (χ3v) is 4.82. The van der Waals surface area contributed by atoms with Gasteiger partial charge in [0.2, 0.25) is 0 Å². The van der Waals surface area contributed by atoms with E-state index < -0.39 is 30.1 Å². The molecule has 148 valence electrons. The molecule has 1 fully saturated rings. The first kappa shape index (κ1) is 21.1. The predicted molar refractivity (Wildman–Crippen MR) is 101 cm³/mol. The zero-order valence-corrected chi connectivity index (χ0v) is 16.2. The van der Waals surface area contributed by atoms with Crippen LogP contribution in [0.3, 0.4) is 0 Å². The molecule has 0 aromatic rings. The van der Waals surface area contributed by atoms with Gasteiger partial charge < -0.3 is 19.3 Å². The van der Waals surface area contributed by atoms with Crippen LogP contribution in [0.1, 0.15) is 33.1 Å². The van der Waals surface area contributed by atoms with Gasteiger partial charge in [0.05, 0.1) is 24.7 Å². The molecule has 2 aliphatic rings. The van der Waals surface area contributed by atoms with E-state index in [0.717, 1.165) is 24.0 Å². The summed E-state index contributed by atoms with van der Waals surface area (Å²) in [6.45, 7) is 7.60. The molecule has 1 N–H and O–H groups in total. The van der Waals surface area contributed by atoms with Gasteiger partial charge in [-0.3, -0.25) is 0 Å². The summed E-state index contributed by atoms with van der Waals surface area (Å²) in [4.78, 5) is 24.7. The van der Waals surface area contributed by atoms with Crippen LogP contribution >= 0.6 is 0 Å². The topological polar surface area (TPSA) is 82.1 Å². The summed E-state index contributed by atoms with van der Waals surface area (Å²) in [5.74, 6) is -1.48. The highest BCUT2D eigenvalue weighted by atomic mass is 16.6. The van der Waals surface area contributed by atoms with Gasteiger partial charge in [-0.1, -0.05) is 23.8 Å². The summed E-state index contributed by atoms with van der Waals surface area (Å²) >= 11 is 0. The van der Waals surface area contributed by atoms with E-state index in [1.165, 1.54) is 13.2 Å². The molecule has 27 heavy (non-hydrogen) atoms. The number of methoxy groups -OCH3 is 1. The van der Waals surface area contributed by atoms with Crippen molar-refractivity contribution < 1.29 is 28.9 Å². The lowest BCUT2D eigenvalue weighted by Gasteiger charge is -2.27. The predicted octanol–water partition coefficient (Wildman–Crippen LogP) is 2.64. The SMILES string of the molecule is C=C1C(=O)O[C@@H]2/C=C(\C)CC/C=C(\C)C[C@@H](OC(=O)/C(=C/CO)COC)[C@@H]12. The van der Waals surface area contributed by atoms with Crippen molar-refractivity contribution in [2.75, 3.05) is 20.3 Å². The molecule has 1 saturated heterocycles. The lowest BCUT2D eigenvalue weighted by Crippen LogP contribution is -2.34. The molecule has 6 nitrogen and oxygen atoms in total. The molecular weight excluding hydrogens is 348 g/mol. The molecule has 0 aromatic carbocycles. The molecule has 0 spiro atoms. The van der Waals surface area contributed by atoms with Crippen molar-refractivity contribution >= 4 is 11.9 Å². The molecule has 3 atom stereocenters. The molecule has 0 amide bonds. The van der Waals surface area contributed by atoms with Crippen LogP contribution < -0.4 is 0 Å². The van der Waals surface area contributed by atoms with E-state index in [2.05, 4.69) is 12.7 Å². The fraction of sp³-hybridized carbons (Fsp3) is 0.524. The summed E-state index contributed by atoms with van der Waals surface area (Å²) in [6, 6.07) is 0. The number of hydrogen-bond acceptors (Lipinski definition) is 6. The fourth-order valence-electron chi connectivity index (χ4n) is 3.41. The summed E-state index contributed by atoms with van der Waals surface area (Å²) in [7, 11) is 1.46. The van der Waals surface area contributed by atoms with Gasteiger partial charge >= 0.3 is 11.9 Å². The zero-order chi connectivity index (χ0) is 20.0. The van der Waals surface area contributed by atoms with Gasteiger partial charge in [-0.25, -0.2) is 9.59 Å². The number of hydrogen-bond donors (Lipinski definition) is 1. The third-order valence-electron chi connectivity index (χ3n) is 4.82. The highest BCUT2D eigenvalue weighted by Crippen LogP contribution is 2.36. The molecule has 2 rings (SSSR count). The maximum atomic E-state index is 12.6. The van der Waals surface area contributed by atoms with Crippen molar-refractivity contribution in [1.29, 1.82) is 0 Å². The minimum atomic E-state index is -0.598. The van der Waals surface area contributed by atoms with E-state index in [0.29, 0.717) is 12.0 Å². The number of esters is 2. The Morgan fingerprint density at radius 1 is 1.41 bits per heavy atom. The van der Waals surface area contributed by atoms with Crippen LogP contribution in [0.5, 0.6) is 0 Å². The largest absolute Gasteiger partial charge is 0.458 e. The number of fused-ring (bicyclic) bond motifs is 1. The van der Waals surface area contributed by atoms with Gasteiger partial charge in [-0.2, -0.15) is 0 Å². The lowest BCUT2D eigenvalue weighted by atomic mass is 9.85. The second-order valence-corrected chi connectivity index (χ2v) is 7.02. The van der Waals surface area contributed by atoms with Crippen molar-refractivity contribution in [3.05, 3.63) is 47.1 Å². The van der Waals surface area contributed by atoms with Crippen molar-refractivity contribution in [3.63, 3.8) is 0 Å². The van der Waals surface area contributed by atoms with Crippen LogP contribution in [-0.4, -0.2) is 49.6 Å². The highest BCUT2D eigenvalue weighted by Gasteiger charge is 2.44. The molecule has 0 radical (unpaired) electrons. The van der Waals surface area contributed by atoms with Crippen molar-refractivity contribution in [1.82, 2.24) is 0 Å². The Morgan fingerprint density at radius 3 is 2.81 bits per heavy atom. The second kappa shape index (κ2) is 9.67. The van der Waals surface area contributed by atoms with E-state index in [-0.39, 0.29) is 18.8 Å². The number of aliphatic hydroxyl groups is 1. The van der Waals surface area contributed by atoms with Crippen molar-refractivity contribution in [3.8, 4) is 0 Å². The Morgan fingerprint density at radius 2 is 2.15 bits per heavy atom. The van der Waals surface area contributed by atoms with E-state index in [4.69, 9.17) is 19.3 Å². The summed E-state index contributed by atoms with van der Waals surface area (Å²) in [5.41, 5.74) is 2.74. The first-order valence-electron chi connectivity index (χ1n) is 9.09. The summed E-state index contributed by atoms with van der Waals surface area (Å²) in [6.07, 6.45) is 6.55. The van der Waals surface area contributed by atoms with Crippen LogP contribution in [0.25, 0.3) is 0 Å². The fourth-order valence-corrected chi connectivity index (χ4v) is 3.41. The molecule has 1 aliphatic carbocycles. The minimum Gasteiger partial charge on any atom is -0.458 e. The highest BCUT2D eigenvalue weighted by molar-refractivity contribution is 5.92. The van der Waals surface area contributed by atoms with E-state index in [1.54, 1.807) is 0 Å². The first-order valence-corrected chi connectivity index (χ1v) is 9.09. The number of rotatable bonds is 5. The van der Waals surface area contributed by atoms with Gasteiger partial charge in [0, 0.05) is 19.1 Å².